The standard InChI is InChI=1S/C13H16N6O2/c20-19(21)12-9-15-18(10-12)11-16-5-7-17(8-6-16)13-3-1-2-4-14-13/h1-4,9-10H,5-8,11H2. The number of rotatable bonds is 4. The summed E-state index contributed by atoms with van der Waals surface area (Å²) in [5.41, 5.74) is 0.0297. The molecule has 3 rings (SSSR count). The summed E-state index contributed by atoms with van der Waals surface area (Å²) in [6.07, 6.45) is 4.54. The van der Waals surface area contributed by atoms with Gasteiger partial charge in [0.05, 0.1) is 11.6 Å². The molecule has 1 saturated heterocycles. The highest BCUT2D eigenvalue weighted by atomic mass is 16.6. The average Bonchev–Trinajstić information content (AvgIpc) is 2.98. The Bertz CT molecular complexity index is 606. The third kappa shape index (κ3) is 3.16. The van der Waals surface area contributed by atoms with Gasteiger partial charge in [-0.25, -0.2) is 4.98 Å². The van der Waals surface area contributed by atoms with E-state index < -0.39 is 4.92 Å². The monoisotopic (exact) mass is 288 g/mol. The summed E-state index contributed by atoms with van der Waals surface area (Å²) in [7, 11) is 0. The first-order valence-corrected chi connectivity index (χ1v) is 6.77. The van der Waals surface area contributed by atoms with Gasteiger partial charge in [0.2, 0.25) is 0 Å². The molecule has 1 aliphatic heterocycles. The van der Waals surface area contributed by atoms with Gasteiger partial charge in [-0.15, -0.1) is 0 Å². The van der Waals surface area contributed by atoms with E-state index in [0.717, 1.165) is 32.0 Å². The minimum atomic E-state index is -0.428. The van der Waals surface area contributed by atoms with Crippen molar-refractivity contribution in [2.75, 3.05) is 31.1 Å². The van der Waals surface area contributed by atoms with Crippen LogP contribution >= 0.6 is 0 Å². The number of aromatic nitrogens is 3. The van der Waals surface area contributed by atoms with Gasteiger partial charge in [-0.1, -0.05) is 6.07 Å². The van der Waals surface area contributed by atoms with Gasteiger partial charge in [-0.2, -0.15) is 5.10 Å². The molecule has 0 saturated carbocycles. The van der Waals surface area contributed by atoms with Gasteiger partial charge in [-0.3, -0.25) is 19.7 Å². The van der Waals surface area contributed by atoms with Gasteiger partial charge >= 0.3 is 5.69 Å². The van der Waals surface area contributed by atoms with E-state index in [0.29, 0.717) is 6.67 Å². The molecule has 0 aliphatic carbocycles. The molecule has 0 N–H and O–H groups in total. The predicted octanol–water partition coefficient (Wildman–Crippen LogP) is 0.966. The normalized spacial score (nSPS) is 16.1. The molecule has 110 valence electrons. The lowest BCUT2D eigenvalue weighted by atomic mass is 10.3. The van der Waals surface area contributed by atoms with Crippen LogP contribution in [-0.4, -0.2) is 50.8 Å². The SMILES string of the molecule is O=[N+]([O-])c1cnn(CN2CCN(c3ccccn3)CC2)c1. The van der Waals surface area contributed by atoms with Crippen LogP contribution in [0.1, 0.15) is 0 Å². The summed E-state index contributed by atoms with van der Waals surface area (Å²) in [6, 6.07) is 5.90. The Balaban J connectivity index is 1.55. The highest BCUT2D eigenvalue weighted by molar-refractivity contribution is 5.38. The lowest BCUT2D eigenvalue weighted by molar-refractivity contribution is -0.385. The van der Waals surface area contributed by atoms with Crippen LogP contribution < -0.4 is 4.90 Å². The molecule has 21 heavy (non-hydrogen) atoms. The Kier molecular flexibility index (Phi) is 3.78. The van der Waals surface area contributed by atoms with Crippen molar-refractivity contribution in [3.63, 3.8) is 0 Å². The molecular formula is C13H16N6O2. The van der Waals surface area contributed by atoms with E-state index in [1.807, 2.05) is 18.2 Å². The molecule has 0 atom stereocenters. The van der Waals surface area contributed by atoms with Crippen molar-refractivity contribution in [2.24, 2.45) is 0 Å². The highest BCUT2D eigenvalue weighted by Gasteiger charge is 2.19. The van der Waals surface area contributed by atoms with Crippen LogP contribution in [0.5, 0.6) is 0 Å². The molecule has 2 aromatic heterocycles. The van der Waals surface area contributed by atoms with Crippen molar-refractivity contribution < 1.29 is 4.92 Å². The van der Waals surface area contributed by atoms with E-state index in [9.17, 15) is 10.1 Å². The zero-order valence-electron chi connectivity index (χ0n) is 11.5. The quantitative estimate of drug-likeness (QED) is 0.616. The number of pyridine rings is 1. The number of anilines is 1. The number of piperazine rings is 1. The molecule has 1 fully saturated rings. The van der Waals surface area contributed by atoms with Crippen LogP contribution in [-0.2, 0) is 6.67 Å². The van der Waals surface area contributed by atoms with Crippen LogP contribution in [0.4, 0.5) is 11.5 Å². The first kappa shape index (κ1) is 13.5. The first-order chi connectivity index (χ1) is 10.2. The lowest BCUT2D eigenvalue weighted by Gasteiger charge is -2.35. The van der Waals surface area contributed by atoms with Crippen molar-refractivity contribution in [2.45, 2.75) is 6.67 Å². The topological polar surface area (TPSA) is 80.3 Å². The Morgan fingerprint density at radius 2 is 2.05 bits per heavy atom. The molecule has 1 aliphatic rings. The van der Waals surface area contributed by atoms with Crippen LogP contribution in [0.15, 0.2) is 36.8 Å². The van der Waals surface area contributed by atoms with Crippen molar-refractivity contribution in [3.05, 3.63) is 46.9 Å². The molecule has 0 spiro atoms. The maximum Gasteiger partial charge on any atom is 0.307 e. The number of nitro groups is 1. The molecule has 0 unspecified atom stereocenters. The minimum Gasteiger partial charge on any atom is -0.354 e. The Morgan fingerprint density at radius 3 is 2.67 bits per heavy atom. The summed E-state index contributed by atoms with van der Waals surface area (Å²) in [6.45, 7) is 4.11. The van der Waals surface area contributed by atoms with E-state index in [-0.39, 0.29) is 5.69 Å². The van der Waals surface area contributed by atoms with Gasteiger partial charge in [0, 0.05) is 32.4 Å². The summed E-state index contributed by atoms with van der Waals surface area (Å²) >= 11 is 0. The second kappa shape index (κ2) is 5.88. The van der Waals surface area contributed by atoms with Gasteiger partial charge in [0.25, 0.3) is 0 Å². The van der Waals surface area contributed by atoms with Crippen molar-refractivity contribution in [3.8, 4) is 0 Å². The zero-order valence-corrected chi connectivity index (χ0v) is 11.5. The highest BCUT2D eigenvalue weighted by Crippen LogP contribution is 2.13. The summed E-state index contributed by atoms with van der Waals surface area (Å²) in [5, 5.41) is 14.6. The molecule has 3 heterocycles. The van der Waals surface area contributed by atoms with Gasteiger partial charge < -0.3 is 4.90 Å². The molecule has 0 radical (unpaired) electrons. The van der Waals surface area contributed by atoms with Crippen LogP contribution in [0.3, 0.4) is 0 Å². The summed E-state index contributed by atoms with van der Waals surface area (Å²) in [4.78, 5) is 19.0. The van der Waals surface area contributed by atoms with Gasteiger partial charge in [0.1, 0.15) is 18.2 Å². The zero-order chi connectivity index (χ0) is 14.7. The van der Waals surface area contributed by atoms with Gasteiger partial charge in [-0.05, 0) is 12.1 Å². The Morgan fingerprint density at radius 1 is 1.24 bits per heavy atom. The summed E-state index contributed by atoms with van der Waals surface area (Å²) < 4.78 is 1.61. The minimum absolute atomic E-state index is 0.0297. The molecule has 8 nitrogen and oxygen atoms in total. The van der Waals surface area contributed by atoms with E-state index in [1.54, 1.807) is 10.9 Å². The average molecular weight is 288 g/mol. The first-order valence-electron chi connectivity index (χ1n) is 6.77. The third-order valence-electron chi connectivity index (χ3n) is 3.52. The lowest BCUT2D eigenvalue weighted by Crippen LogP contribution is -2.47. The fourth-order valence-electron chi connectivity index (χ4n) is 2.39. The number of nitrogens with zero attached hydrogens (tertiary/aromatic N) is 6. The Hall–Kier alpha value is -2.48. The fourth-order valence-corrected chi connectivity index (χ4v) is 2.39. The smallest absolute Gasteiger partial charge is 0.307 e. The fraction of sp³-hybridized carbons (Fsp3) is 0.385. The molecular weight excluding hydrogens is 272 g/mol. The predicted molar refractivity (Wildman–Crippen MR) is 76.9 cm³/mol. The van der Waals surface area contributed by atoms with E-state index >= 15 is 0 Å². The van der Waals surface area contributed by atoms with Crippen molar-refractivity contribution >= 4 is 11.5 Å². The second-order valence-corrected chi connectivity index (χ2v) is 4.93. The number of hydrogen-bond donors (Lipinski definition) is 0. The Labute approximate surface area is 121 Å². The van der Waals surface area contributed by atoms with Crippen LogP contribution in [0.25, 0.3) is 0 Å². The molecule has 8 heteroatoms. The van der Waals surface area contributed by atoms with E-state index in [4.69, 9.17) is 0 Å². The van der Waals surface area contributed by atoms with E-state index in [2.05, 4.69) is 19.9 Å². The second-order valence-electron chi connectivity index (χ2n) is 4.93. The molecule has 0 bridgehead atoms. The molecule has 2 aromatic rings. The van der Waals surface area contributed by atoms with Crippen molar-refractivity contribution in [1.82, 2.24) is 19.7 Å². The summed E-state index contributed by atoms with van der Waals surface area (Å²) in [5.74, 6) is 0.992. The molecule has 0 amide bonds. The van der Waals surface area contributed by atoms with Crippen LogP contribution in [0.2, 0.25) is 0 Å². The molecule has 0 aromatic carbocycles. The van der Waals surface area contributed by atoms with Crippen LogP contribution in [0, 0.1) is 10.1 Å². The largest absolute Gasteiger partial charge is 0.354 e. The third-order valence-corrected chi connectivity index (χ3v) is 3.52. The van der Waals surface area contributed by atoms with Gasteiger partial charge in [0.15, 0.2) is 0 Å². The van der Waals surface area contributed by atoms with Crippen molar-refractivity contribution in [1.29, 1.82) is 0 Å². The number of hydrogen-bond acceptors (Lipinski definition) is 6. The maximum absolute atomic E-state index is 10.6. The van der Waals surface area contributed by atoms with E-state index in [1.165, 1.54) is 12.4 Å². The maximum atomic E-state index is 10.6.